The lowest BCUT2D eigenvalue weighted by atomic mass is 10.0. The number of rotatable bonds is 72. The minimum Gasteiger partial charge on any atom is -0.462 e. The predicted octanol–water partition coefficient (Wildman–Crippen LogP) is 21.4. The van der Waals surface area contributed by atoms with E-state index < -0.39 is 97.5 Å². The first kappa shape index (κ1) is 91.1. The van der Waals surface area contributed by atoms with E-state index >= 15 is 0 Å². The third-order valence-corrected chi connectivity index (χ3v) is 19.0. The standard InChI is InChI=1S/C74H144O17P2/c1-8-9-10-11-12-34-41-48-55-71(76)84-61-69(91-74(79)58-51-44-37-30-24-27-33-40-47-54-67(6)7)63-88-92(80,81)86-59-68(75)60-87-93(82,83)89-64-70(62-85-72(77)56-49-42-35-28-23-19-21-26-32-39-46-53-66(4)5)90-73(78)57-50-43-36-29-22-18-16-14-13-15-17-20-25-31-38-45-52-65(2)3/h65-70,75H,8-64H2,1-7H3,(H,80,81)(H,82,83)/t68-,69+,70+/m0/s1. The molecule has 0 spiro atoms. The first-order chi connectivity index (χ1) is 44.7. The topological polar surface area (TPSA) is 237 Å². The second-order valence-electron chi connectivity index (χ2n) is 28.1. The van der Waals surface area contributed by atoms with E-state index in [1.54, 1.807) is 0 Å². The average molecular weight is 1370 g/mol. The monoisotopic (exact) mass is 1370 g/mol. The number of phosphoric ester groups is 2. The molecule has 0 aromatic carbocycles. The molecule has 0 saturated carbocycles. The summed E-state index contributed by atoms with van der Waals surface area (Å²) in [6.45, 7) is 11.9. The molecule has 93 heavy (non-hydrogen) atoms. The van der Waals surface area contributed by atoms with Gasteiger partial charge in [-0.05, 0) is 43.4 Å². The maximum atomic E-state index is 13.1. The molecule has 0 fully saturated rings. The maximum Gasteiger partial charge on any atom is 0.472 e. The second-order valence-corrected chi connectivity index (χ2v) is 31.0. The van der Waals surface area contributed by atoms with E-state index in [0.717, 1.165) is 114 Å². The smallest absolute Gasteiger partial charge is 0.462 e. The van der Waals surface area contributed by atoms with Crippen molar-refractivity contribution in [3.63, 3.8) is 0 Å². The van der Waals surface area contributed by atoms with Crippen LogP contribution in [0, 0.1) is 17.8 Å². The number of esters is 4. The van der Waals surface area contributed by atoms with Gasteiger partial charge in [-0.1, -0.05) is 325 Å². The molecule has 3 N–H and O–H groups in total. The fourth-order valence-corrected chi connectivity index (χ4v) is 12.8. The van der Waals surface area contributed by atoms with Gasteiger partial charge in [0, 0.05) is 25.7 Å². The zero-order valence-corrected chi connectivity index (χ0v) is 62.5. The molecule has 0 radical (unpaired) electrons. The van der Waals surface area contributed by atoms with Gasteiger partial charge in [0.25, 0.3) is 0 Å². The van der Waals surface area contributed by atoms with E-state index in [1.165, 1.54) is 180 Å². The van der Waals surface area contributed by atoms with Crippen molar-refractivity contribution in [2.24, 2.45) is 17.8 Å². The highest BCUT2D eigenvalue weighted by atomic mass is 31.2. The predicted molar refractivity (Wildman–Crippen MR) is 377 cm³/mol. The molecule has 0 heterocycles. The third kappa shape index (κ3) is 68.4. The van der Waals surface area contributed by atoms with Crippen LogP contribution in [0.5, 0.6) is 0 Å². The average Bonchev–Trinajstić information content (AvgIpc) is 3.11. The van der Waals surface area contributed by atoms with Crippen LogP contribution in [0.3, 0.4) is 0 Å². The number of phosphoric acid groups is 2. The van der Waals surface area contributed by atoms with Crippen molar-refractivity contribution in [2.75, 3.05) is 39.6 Å². The molecule has 0 aromatic heterocycles. The van der Waals surface area contributed by atoms with Crippen LogP contribution in [0.4, 0.5) is 0 Å². The van der Waals surface area contributed by atoms with Crippen LogP contribution in [0.25, 0.3) is 0 Å². The third-order valence-electron chi connectivity index (χ3n) is 17.1. The summed E-state index contributed by atoms with van der Waals surface area (Å²) in [5, 5.41) is 10.6. The summed E-state index contributed by atoms with van der Waals surface area (Å²) in [6.07, 6.45) is 50.0. The molecular formula is C74H144O17P2. The van der Waals surface area contributed by atoms with Gasteiger partial charge in [-0.3, -0.25) is 37.3 Å². The SMILES string of the molecule is CCCCCCCCCCC(=O)OC[C@H](COP(=O)(O)OC[C@H](O)COP(=O)(O)OC[C@@H](COC(=O)CCCCCCCCCCCCCC(C)C)OC(=O)CCCCCCCCCCCCCCCCCCC(C)C)OC(=O)CCCCCCCCCCCC(C)C. The number of hydrogen-bond acceptors (Lipinski definition) is 15. The van der Waals surface area contributed by atoms with E-state index in [2.05, 4.69) is 48.5 Å². The van der Waals surface area contributed by atoms with Gasteiger partial charge < -0.3 is 33.8 Å². The van der Waals surface area contributed by atoms with E-state index in [9.17, 15) is 43.2 Å². The van der Waals surface area contributed by atoms with E-state index in [1.807, 2.05) is 0 Å². The maximum absolute atomic E-state index is 13.1. The van der Waals surface area contributed by atoms with Crippen molar-refractivity contribution in [3.05, 3.63) is 0 Å². The first-order valence-corrected chi connectivity index (χ1v) is 41.3. The Balaban J connectivity index is 5.21. The Bertz CT molecular complexity index is 1820. The Morgan fingerprint density at radius 3 is 0.731 bits per heavy atom. The molecule has 0 bridgehead atoms. The number of aliphatic hydroxyl groups excluding tert-OH is 1. The molecule has 0 rings (SSSR count). The highest BCUT2D eigenvalue weighted by molar-refractivity contribution is 7.47. The fourth-order valence-electron chi connectivity index (χ4n) is 11.2. The van der Waals surface area contributed by atoms with Crippen molar-refractivity contribution in [1.29, 1.82) is 0 Å². The molecule has 552 valence electrons. The van der Waals surface area contributed by atoms with Gasteiger partial charge in [-0.15, -0.1) is 0 Å². The molecule has 0 saturated heterocycles. The number of carbonyl (C=O) groups excluding carboxylic acids is 4. The molecular weight excluding hydrogens is 1220 g/mol. The van der Waals surface area contributed by atoms with Gasteiger partial charge >= 0.3 is 39.5 Å². The minimum atomic E-state index is -4.96. The molecule has 2 unspecified atom stereocenters. The summed E-state index contributed by atoms with van der Waals surface area (Å²) >= 11 is 0. The van der Waals surface area contributed by atoms with Crippen LogP contribution in [0.15, 0.2) is 0 Å². The van der Waals surface area contributed by atoms with Crippen molar-refractivity contribution >= 4 is 39.5 Å². The molecule has 19 heteroatoms. The fraction of sp³-hybridized carbons (Fsp3) is 0.946. The number of hydrogen-bond donors (Lipinski definition) is 3. The molecule has 0 aliphatic heterocycles. The van der Waals surface area contributed by atoms with Gasteiger partial charge in [0.2, 0.25) is 0 Å². The Kier molecular flexibility index (Phi) is 63.4. The molecule has 0 amide bonds. The van der Waals surface area contributed by atoms with Crippen molar-refractivity contribution in [3.8, 4) is 0 Å². The molecule has 0 aromatic rings. The van der Waals surface area contributed by atoms with Gasteiger partial charge in [0.15, 0.2) is 12.2 Å². The van der Waals surface area contributed by atoms with Crippen LogP contribution < -0.4 is 0 Å². The normalized spacial score (nSPS) is 14.1. The summed E-state index contributed by atoms with van der Waals surface area (Å²) in [4.78, 5) is 72.6. The molecule has 5 atom stereocenters. The Hall–Kier alpha value is -1.94. The van der Waals surface area contributed by atoms with Gasteiger partial charge in [-0.25, -0.2) is 9.13 Å². The summed E-state index contributed by atoms with van der Waals surface area (Å²) < 4.78 is 68.4. The van der Waals surface area contributed by atoms with Crippen molar-refractivity contribution < 1.29 is 80.2 Å². The molecule has 0 aliphatic carbocycles. The Morgan fingerprint density at radius 1 is 0.290 bits per heavy atom. The molecule has 0 aliphatic rings. The Morgan fingerprint density at radius 2 is 0.495 bits per heavy atom. The van der Waals surface area contributed by atoms with Crippen LogP contribution in [0.2, 0.25) is 0 Å². The van der Waals surface area contributed by atoms with Gasteiger partial charge in [-0.2, -0.15) is 0 Å². The zero-order chi connectivity index (χ0) is 68.7. The van der Waals surface area contributed by atoms with E-state index in [4.69, 9.17) is 37.0 Å². The van der Waals surface area contributed by atoms with Gasteiger partial charge in [0.1, 0.15) is 19.3 Å². The highest BCUT2D eigenvalue weighted by Crippen LogP contribution is 2.45. The zero-order valence-electron chi connectivity index (χ0n) is 60.7. The number of ether oxygens (including phenoxy) is 4. The summed E-state index contributed by atoms with van der Waals surface area (Å²) in [6, 6.07) is 0. The second kappa shape index (κ2) is 64.7. The first-order valence-electron chi connectivity index (χ1n) is 38.3. The number of carbonyl (C=O) groups is 4. The summed E-state index contributed by atoms with van der Waals surface area (Å²) in [5.41, 5.74) is 0. The minimum absolute atomic E-state index is 0.105. The van der Waals surface area contributed by atoms with Gasteiger partial charge in [0.05, 0.1) is 26.4 Å². The van der Waals surface area contributed by atoms with Crippen LogP contribution in [0.1, 0.15) is 376 Å². The number of unbranched alkanes of at least 4 members (excludes halogenated alkanes) is 40. The van der Waals surface area contributed by atoms with Crippen LogP contribution in [-0.2, 0) is 65.4 Å². The van der Waals surface area contributed by atoms with Crippen LogP contribution >= 0.6 is 15.6 Å². The van der Waals surface area contributed by atoms with Crippen molar-refractivity contribution in [1.82, 2.24) is 0 Å². The lowest BCUT2D eigenvalue weighted by Crippen LogP contribution is -2.30. The van der Waals surface area contributed by atoms with E-state index in [-0.39, 0.29) is 25.7 Å². The highest BCUT2D eigenvalue weighted by Gasteiger charge is 2.30. The number of aliphatic hydroxyl groups is 1. The lowest BCUT2D eigenvalue weighted by Gasteiger charge is -2.21. The van der Waals surface area contributed by atoms with Crippen LogP contribution in [-0.4, -0.2) is 96.7 Å². The largest absolute Gasteiger partial charge is 0.472 e. The molecule has 17 nitrogen and oxygen atoms in total. The van der Waals surface area contributed by atoms with Crippen molar-refractivity contribution in [2.45, 2.75) is 394 Å². The quantitative estimate of drug-likeness (QED) is 0.0222. The van der Waals surface area contributed by atoms with E-state index in [0.29, 0.717) is 25.7 Å². The lowest BCUT2D eigenvalue weighted by molar-refractivity contribution is -0.161. The summed E-state index contributed by atoms with van der Waals surface area (Å²) in [7, 11) is -9.90. The Labute approximate surface area is 568 Å². The summed E-state index contributed by atoms with van der Waals surface area (Å²) in [5.74, 6) is 0.194.